The summed E-state index contributed by atoms with van der Waals surface area (Å²) in [7, 11) is 0. The highest BCUT2D eigenvalue weighted by atomic mass is 16.1. The van der Waals surface area contributed by atoms with Crippen molar-refractivity contribution in [1.29, 1.82) is 0 Å². The van der Waals surface area contributed by atoms with E-state index in [0.717, 1.165) is 33.4 Å². The molecule has 9 heteroatoms. The van der Waals surface area contributed by atoms with Crippen molar-refractivity contribution in [2.24, 2.45) is 4.99 Å². The minimum Gasteiger partial charge on any atom is -0.368 e. The molecule has 3 heterocycles. The second-order valence-electron chi connectivity index (χ2n) is 6.71. The molecule has 142 valence electrons. The van der Waals surface area contributed by atoms with Crippen molar-refractivity contribution in [3.05, 3.63) is 65.4 Å². The van der Waals surface area contributed by atoms with Crippen LogP contribution in [0.15, 0.2) is 53.7 Å². The van der Waals surface area contributed by atoms with E-state index in [1.165, 1.54) is 0 Å². The number of Topliss-reactive ketones (excluding diaryl/α,β-unsaturated/α-hetero) is 1. The van der Waals surface area contributed by atoms with E-state index in [0.29, 0.717) is 18.1 Å². The SMILES string of the molecule is Nc1nccc(Nc2ccc3c(c2)C(C(=O)Cc2ccc4n[nH]nc4c2)=NC3)n1. The number of nitrogens with one attached hydrogen (secondary N) is 2. The summed E-state index contributed by atoms with van der Waals surface area (Å²) in [6, 6.07) is 13.1. The second-order valence-corrected chi connectivity index (χ2v) is 6.71. The minimum absolute atomic E-state index is 0.0324. The average Bonchev–Trinajstić information content (AvgIpc) is 3.34. The van der Waals surface area contributed by atoms with Crippen molar-refractivity contribution in [1.82, 2.24) is 25.4 Å². The quantitative estimate of drug-likeness (QED) is 0.480. The van der Waals surface area contributed by atoms with Crippen LogP contribution in [0.4, 0.5) is 17.5 Å². The van der Waals surface area contributed by atoms with Crippen molar-refractivity contribution < 1.29 is 4.79 Å². The van der Waals surface area contributed by atoms with Crippen LogP contribution in [-0.2, 0) is 17.8 Å². The van der Waals surface area contributed by atoms with Crippen molar-refractivity contribution in [3.8, 4) is 0 Å². The van der Waals surface area contributed by atoms with Gasteiger partial charge in [-0.05, 0) is 41.5 Å². The van der Waals surface area contributed by atoms with Gasteiger partial charge in [-0.1, -0.05) is 12.1 Å². The van der Waals surface area contributed by atoms with Crippen LogP contribution >= 0.6 is 0 Å². The first-order chi connectivity index (χ1) is 14.2. The minimum atomic E-state index is -0.0324. The number of H-pyrrole nitrogens is 1. The number of nitrogens with two attached hydrogens (primary N) is 1. The summed E-state index contributed by atoms with van der Waals surface area (Å²) >= 11 is 0. The number of nitrogens with zero attached hydrogens (tertiary/aromatic N) is 5. The third-order valence-corrected chi connectivity index (χ3v) is 4.73. The standard InChI is InChI=1S/C20H16N8O/c21-20-22-6-5-18(25-20)24-13-3-2-12-10-23-19(14(12)9-13)17(29)8-11-1-4-15-16(7-11)27-28-26-15/h1-7,9H,8,10H2,(H,26,27,28)(H3,21,22,24,25). The highest BCUT2D eigenvalue weighted by Gasteiger charge is 2.23. The summed E-state index contributed by atoms with van der Waals surface area (Å²) in [6.07, 6.45) is 1.83. The maximum atomic E-state index is 12.9. The van der Waals surface area contributed by atoms with Gasteiger partial charge in [0.25, 0.3) is 0 Å². The molecule has 0 bridgehead atoms. The monoisotopic (exact) mass is 384 g/mol. The Labute approximate surface area is 165 Å². The number of carbonyl (C=O) groups is 1. The Morgan fingerprint density at radius 2 is 2.00 bits per heavy atom. The number of rotatable bonds is 5. The fraction of sp³-hybridized carbons (Fsp3) is 0.100. The summed E-state index contributed by atoms with van der Waals surface area (Å²) in [5.74, 6) is 0.744. The zero-order valence-electron chi connectivity index (χ0n) is 15.3. The normalized spacial score (nSPS) is 12.6. The molecule has 2 aromatic heterocycles. The second kappa shape index (κ2) is 6.79. The molecule has 0 atom stereocenters. The lowest BCUT2D eigenvalue weighted by Gasteiger charge is -2.09. The van der Waals surface area contributed by atoms with Crippen molar-refractivity contribution in [3.63, 3.8) is 0 Å². The van der Waals surface area contributed by atoms with E-state index in [-0.39, 0.29) is 18.2 Å². The molecular formula is C20H16N8O. The maximum Gasteiger partial charge on any atom is 0.221 e. The molecule has 1 aliphatic rings. The molecule has 4 N–H and O–H groups in total. The van der Waals surface area contributed by atoms with Gasteiger partial charge in [0.2, 0.25) is 5.95 Å². The van der Waals surface area contributed by atoms with E-state index in [9.17, 15) is 4.79 Å². The molecule has 0 radical (unpaired) electrons. The lowest BCUT2D eigenvalue weighted by atomic mass is 9.98. The van der Waals surface area contributed by atoms with Gasteiger partial charge in [0.05, 0.1) is 6.54 Å². The first kappa shape index (κ1) is 17.0. The Balaban J connectivity index is 1.38. The van der Waals surface area contributed by atoms with E-state index in [2.05, 4.69) is 35.7 Å². The molecule has 0 amide bonds. The van der Waals surface area contributed by atoms with Gasteiger partial charge in [-0.15, -0.1) is 0 Å². The molecular weight excluding hydrogens is 368 g/mol. The van der Waals surface area contributed by atoms with Gasteiger partial charge in [0, 0.05) is 23.9 Å². The first-order valence-corrected chi connectivity index (χ1v) is 9.01. The van der Waals surface area contributed by atoms with Crippen LogP contribution in [0.3, 0.4) is 0 Å². The highest BCUT2D eigenvalue weighted by molar-refractivity contribution is 6.47. The fourth-order valence-electron chi connectivity index (χ4n) is 3.36. The van der Waals surface area contributed by atoms with Crippen LogP contribution < -0.4 is 11.1 Å². The molecule has 0 saturated heterocycles. The summed E-state index contributed by atoms with van der Waals surface area (Å²) in [4.78, 5) is 25.4. The van der Waals surface area contributed by atoms with E-state index in [1.807, 2.05) is 36.4 Å². The number of nitrogen functional groups attached to an aromatic ring is 1. The summed E-state index contributed by atoms with van der Waals surface area (Å²) in [5, 5.41) is 13.9. The summed E-state index contributed by atoms with van der Waals surface area (Å²) in [5.41, 5.74) is 11.2. The van der Waals surface area contributed by atoms with E-state index in [1.54, 1.807) is 12.3 Å². The third-order valence-electron chi connectivity index (χ3n) is 4.73. The number of fused-ring (bicyclic) bond motifs is 2. The van der Waals surface area contributed by atoms with Crippen LogP contribution in [0.1, 0.15) is 16.7 Å². The third kappa shape index (κ3) is 3.29. The number of anilines is 3. The number of hydrogen-bond donors (Lipinski definition) is 3. The Hall–Kier alpha value is -4.14. The number of aliphatic imine (C=N–C) groups is 1. The predicted molar refractivity (Wildman–Crippen MR) is 109 cm³/mol. The largest absolute Gasteiger partial charge is 0.368 e. The zero-order chi connectivity index (χ0) is 19.8. The number of aromatic nitrogens is 5. The molecule has 0 aliphatic carbocycles. The van der Waals surface area contributed by atoms with Gasteiger partial charge in [-0.2, -0.15) is 20.4 Å². The van der Waals surface area contributed by atoms with Gasteiger partial charge in [-0.25, -0.2) is 4.98 Å². The summed E-state index contributed by atoms with van der Waals surface area (Å²) in [6.45, 7) is 0.499. The fourth-order valence-corrected chi connectivity index (χ4v) is 3.36. The van der Waals surface area contributed by atoms with Gasteiger partial charge in [0.15, 0.2) is 5.78 Å². The van der Waals surface area contributed by atoms with Gasteiger partial charge in [-0.3, -0.25) is 9.79 Å². The van der Waals surface area contributed by atoms with Crippen molar-refractivity contribution in [2.75, 3.05) is 11.1 Å². The van der Waals surface area contributed by atoms with Gasteiger partial charge in [0.1, 0.15) is 22.6 Å². The Bertz CT molecular complexity index is 1280. The smallest absolute Gasteiger partial charge is 0.221 e. The molecule has 29 heavy (non-hydrogen) atoms. The topological polar surface area (TPSA) is 135 Å². The number of hydrogen-bond acceptors (Lipinski definition) is 8. The average molecular weight is 384 g/mol. The van der Waals surface area contributed by atoms with Crippen LogP contribution in [0.25, 0.3) is 11.0 Å². The molecule has 5 rings (SSSR count). The molecule has 4 aromatic rings. The molecule has 0 spiro atoms. The number of ketones is 1. The van der Waals surface area contributed by atoms with Crippen LogP contribution in [-0.4, -0.2) is 36.9 Å². The van der Waals surface area contributed by atoms with Gasteiger partial charge >= 0.3 is 0 Å². The maximum absolute atomic E-state index is 12.9. The molecule has 0 unspecified atom stereocenters. The van der Waals surface area contributed by atoms with E-state index < -0.39 is 0 Å². The molecule has 1 aliphatic heterocycles. The highest BCUT2D eigenvalue weighted by Crippen LogP contribution is 2.26. The Kier molecular flexibility index (Phi) is 3.98. The van der Waals surface area contributed by atoms with Crippen LogP contribution in [0, 0.1) is 0 Å². The Morgan fingerprint density at radius 1 is 1.10 bits per heavy atom. The van der Waals surface area contributed by atoms with Crippen molar-refractivity contribution in [2.45, 2.75) is 13.0 Å². The Morgan fingerprint density at radius 3 is 2.90 bits per heavy atom. The van der Waals surface area contributed by atoms with Crippen molar-refractivity contribution >= 4 is 40.0 Å². The van der Waals surface area contributed by atoms with Crippen LogP contribution in [0.2, 0.25) is 0 Å². The van der Waals surface area contributed by atoms with Gasteiger partial charge < -0.3 is 11.1 Å². The van der Waals surface area contributed by atoms with E-state index >= 15 is 0 Å². The summed E-state index contributed by atoms with van der Waals surface area (Å²) < 4.78 is 0. The predicted octanol–water partition coefficient (Wildman–Crippen LogP) is 2.19. The molecule has 2 aromatic carbocycles. The molecule has 0 fully saturated rings. The molecule has 0 saturated carbocycles. The first-order valence-electron chi connectivity index (χ1n) is 9.01. The lowest BCUT2D eigenvalue weighted by molar-refractivity contribution is -0.112. The number of carbonyl (C=O) groups excluding carboxylic acids is 1. The van der Waals surface area contributed by atoms with Crippen LogP contribution in [0.5, 0.6) is 0 Å². The zero-order valence-corrected chi connectivity index (χ0v) is 15.3. The van der Waals surface area contributed by atoms with E-state index in [4.69, 9.17) is 5.73 Å². The number of aromatic amines is 1. The number of benzene rings is 2. The molecule has 9 nitrogen and oxygen atoms in total. The lowest BCUT2D eigenvalue weighted by Crippen LogP contribution is -2.16.